The lowest BCUT2D eigenvalue weighted by Crippen LogP contribution is -2.57. The number of nitrogens with one attached hydrogen (secondary N) is 1. The second-order valence-electron chi connectivity index (χ2n) is 9.47. The lowest BCUT2D eigenvalue weighted by atomic mass is 9.74. The van der Waals surface area contributed by atoms with Crippen LogP contribution in [0, 0.1) is 5.92 Å². The maximum absolute atomic E-state index is 12.5. The van der Waals surface area contributed by atoms with Gasteiger partial charge in [0.05, 0.1) is 33.1 Å². The molecule has 2 aromatic rings. The molecule has 0 saturated carbocycles. The minimum absolute atomic E-state index is 0.0358. The van der Waals surface area contributed by atoms with E-state index >= 15 is 0 Å². The number of urea groups is 1. The molecule has 4 fully saturated rings. The molecule has 0 aliphatic carbocycles. The summed E-state index contributed by atoms with van der Waals surface area (Å²) >= 11 is 0. The molecule has 6 rings (SSSR count). The molecule has 2 amide bonds. The molecule has 2 bridgehead atoms. The first-order valence-corrected chi connectivity index (χ1v) is 12.2. The highest BCUT2D eigenvalue weighted by molar-refractivity contribution is 5.74. The van der Waals surface area contributed by atoms with E-state index in [1.165, 1.54) is 12.1 Å². The SMILES string of the molecule is COc1ccc(-c2cc(C3CN4CCC3CC4CNC(=O)N3CCOCC3)n(C)n2)cc1OC. The van der Waals surface area contributed by atoms with E-state index in [1.807, 2.05) is 34.8 Å². The summed E-state index contributed by atoms with van der Waals surface area (Å²) in [6.45, 7) is 5.42. The maximum Gasteiger partial charge on any atom is 0.317 e. The molecular formula is C25H35N5O4. The third kappa shape index (κ3) is 4.46. The third-order valence-electron chi connectivity index (χ3n) is 7.64. The Labute approximate surface area is 200 Å². The molecule has 9 nitrogen and oxygen atoms in total. The van der Waals surface area contributed by atoms with Gasteiger partial charge in [0, 0.05) is 56.4 Å². The smallest absolute Gasteiger partial charge is 0.317 e. The minimum atomic E-state index is 0.0358. The number of benzene rings is 1. The summed E-state index contributed by atoms with van der Waals surface area (Å²) in [5.41, 5.74) is 3.24. The number of nitrogens with zero attached hydrogens (tertiary/aromatic N) is 4. The molecule has 184 valence electrons. The first-order valence-electron chi connectivity index (χ1n) is 12.2. The second kappa shape index (κ2) is 9.84. The number of carbonyl (C=O) groups is 1. The van der Waals surface area contributed by atoms with Crippen molar-refractivity contribution in [2.24, 2.45) is 13.0 Å². The maximum atomic E-state index is 12.5. The first-order chi connectivity index (χ1) is 16.6. The van der Waals surface area contributed by atoms with E-state index in [0.29, 0.717) is 62.2 Å². The number of morpholine rings is 1. The van der Waals surface area contributed by atoms with Crippen LogP contribution in [-0.4, -0.2) is 91.8 Å². The number of ether oxygens (including phenoxy) is 3. The van der Waals surface area contributed by atoms with Crippen LogP contribution < -0.4 is 14.8 Å². The van der Waals surface area contributed by atoms with Gasteiger partial charge in [-0.1, -0.05) is 0 Å². The molecule has 4 unspecified atom stereocenters. The van der Waals surface area contributed by atoms with Crippen LogP contribution in [0.3, 0.4) is 0 Å². The number of hydrogen-bond acceptors (Lipinski definition) is 6. The van der Waals surface area contributed by atoms with Gasteiger partial charge in [-0.2, -0.15) is 5.10 Å². The van der Waals surface area contributed by atoms with Gasteiger partial charge >= 0.3 is 6.03 Å². The fourth-order valence-electron chi connectivity index (χ4n) is 5.73. The van der Waals surface area contributed by atoms with Gasteiger partial charge in [-0.05, 0) is 49.6 Å². The van der Waals surface area contributed by atoms with Gasteiger partial charge < -0.3 is 24.4 Å². The Morgan fingerprint density at radius 1 is 1.15 bits per heavy atom. The molecule has 4 saturated heterocycles. The molecule has 9 heteroatoms. The molecular weight excluding hydrogens is 434 g/mol. The molecule has 4 atom stereocenters. The normalized spacial score (nSPS) is 26.4. The van der Waals surface area contributed by atoms with Crippen LogP contribution in [-0.2, 0) is 11.8 Å². The molecule has 5 heterocycles. The second-order valence-corrected chi connectivity index (χ2v) is 9.47. The van der Waals surface area contributed by atoms with E-state index in [-0.39, 0.29) is 6.03 Å². The highest BCUT2D eigenvalue weighted by atomic mass is 16.5. The fraction of sp³-hybridized carbons (Fsp3) is 0.600. The van der Waals surface area contributed by atoms with Gasteiger partial charge in [0.2, 0.25) is 0 Å². The average Bonchev–Trinajstić information content (AvgIpc) is 3.29. The van der Waals surface area contributed by atoms with Crippen LogP contribution in [0.4, 0.5) is 4.79 Å². The van der Waals surface area contributed by atoms with Crippen molar-refractivity contribution in [3.05, 3.63) is 30.0 Å². The summed E-state index contributed by atoms with van der Waals surface area (Å²) in [7, 11) is 5.33. The van der Waals surface area contributed by atoms with E-state index in [9.17, 15) is 4.79 Å². The monoisotopic (exact) mass is 469 g/mol. The number of fused-ring (bicyclic) bond motifs is 3. The molecule has 0 spiro atoms. The predicted molar refractivity (Wildman–Crippen MR) is 128 cm³/mol. The van der Waals surface area contributed by atoms with Crippen LogP contribution in [0.15, 0.2) is 24.3 Å². The Morgan fingerprint density at radius 3 is 2.65 bits per heavy atom. The van der Waals surface area contributed by atoms with Crippen molar-refractivity contribution in [2.45, 2.75) is 24.8 Å². The number of amides is 2. The van der Waals surface area contributed by atoms with E-state index in [2.05, 4.69) is 16.3 Å². The summed E-state index contributed by atoms with van der Waals surface area (Å²) < 4.78 is 18.2. The van der Waals surface area contributed by atoms with E-state index < -0.39 is 0 Å². The van der Waals surface area contributed by atoms with E-state index in [1.54, 1.807) is 14.2 Å². The lowest BCUT2D eigenvalue weighted by molar-refractivity contribution is 0.0265. The number of hydrogen-bond donors (Lipinski definition) is 1. The quantitative estimate of drug-likeness (QED) is 0.700. The highest BCUT2D eigenvalue weighted by Crippen LogP contribution is 2.42. The first kappa shape index (κ1) is 23.0. The standard InChI is InChI=1S/C25H35N5O4/c1-28-22(14-21(27-28)18-4-5-23(32-2)24(13-18)33-3)20-16-30-7-6-17(20)12-19(30)15-26-25(31)29-8-10-34-11-9-29/h4-5,13-14,17,19-20H,6-12,15-16H2,1-3H3,(H,26,31). The number of carbonyl (C=O) groups excluding carboxylic acids is 1. The van der Waals surface area contributed by atoms with Crippen LogP contribution in [0.2, 0.25) is 0 Å². The number of methoxy groups -OCH3 is 2. The zero-order valence-electron chi connectivity index (χ0n) is 20.3. The lowest BCUT2D eigenvalue weighted by Gasteiger charge is -2.50. The Hall–Kier alpha value is -2.78. The molecule has 1 aromatic heterocycles. The zero-order chi connectivity index (χ0) is 23.7. The number of aromatic nitrogens is 2. The Bertz CT molecular complexity index is 1020. The van der Waals surface area contributed by atoms with Crippen LogP contribution >= 0.6 is 0 Å². The molecule has 0 radical (unpaired) electrons. The largest absolute Gasteiger partial charge is 0.493 e. The van der Waals surface area contributed by atoms with Crippen molar-refractivity contribution in [2.75, 3.05) is 60.2 Å². The molecule has 4 aliphatic heterocycles. The van der Waals surface area contributed by atoms with Gasteiger partial charge in [-0.25, -0.2) is 4.79 Å². The van der Waals surface area contributed by atoms with Crippen LogP contribution in [0.1, 0.15) is 24.5 Å². The van der Waals surface area contributed by atoms with Crippen molar-refractivity contribution in [1.82, 2.24) is 24.9 Å². The highest BCUT2D eigenvalue weighted by Gasteiger charge is 2.42. The van der Waals surface area contributed by atoms with Crippen LogP contribution in [0.25, 0.3) is 11.3 Å². The Morgan fingerprint density at radius 2 is 1.94 bits per heavy atom. The van der Waals surface area contributed by atoms with Crippen molar-refractivity contribution in [3.63, 3.8) is 0 Å². The van der Waals surface area contributed by atoms with E-state index in [0.717, 1.165) is 30.8 Å². The number of piperidine rings is 3. The summed E-state index contributed by atoms with van der Waals surface area (Å²) in [5, 5.41) is 8.00. The Kier molecular flexibility index (Phi) is 6.65. The summed E-state index contributed by atoms with van der Waals surface area (Å²) in [4.78, 5) is 16.9. The number of aryl methyl sites for hydroxylation is 1. The average molecular weight is 470 g/mol. The minimum Gasteiger partial charge on any atom is -0.493 e. The van der Waals surface area contributed by atoms with Crippen molar-refractivity contribution >= 4 is 6.03 Å². The molecule has 4 aliphatic rings. The summed E-state index contributed by atoms with van der Waals surface area (Å²) in [6, 6.07) is 8.59. The van der Waals surface area contributed by atoms with Gasteiger partial charge in [-0.15, -0.1) is 0 Å². The summed E-state index contributed by atoms with van der Waals surface area (Å²) in [5.74, 6) is 2.47. The van der Waals surface area contributed by atoms with Crippen molar-refractivity contribution < 1.29 is 19.0 Å². The topological polar surface area (TPSA) is 81.1 Å². The van der Waals surface area contributed by atoms with Crippen LogP contribution in [0.5, 0.6) is 11.5 Å². The fourth-order valence-corrected chi connectivity index (χ4v) is 5.73. The number of rotatable bonds is 6. The zero-order valence-corrected chi connectivity index (χ0v) is 20.3. The molecule has 1 N–H and O–H groups in total. The molecule has 34 heavy (non-hydrogen) atoms. The van der Waals surface area contributed by atoms with Gasteiger partial charge in [0.25, 0.3) is 0 Å². The van der Waals surface area contributed by atoms with Crippen molar-refractivity contribution in [3.8, 4) is 22.8 Å². The van der Waals surface area contributed by atoms with Gasteiger partial charge in [0.15, 0.2) is 11.5 Å². The van der Waals surface area contributed by atoms with Gasteiger partial charge in [0.1, 0.15) is 0 Å². The predicted octanol–water partition coefficient (Wildman–Crippen LogP) is 2.32. The van der Waals surface area contributed by atoms with Crippen molar-refractivity contribution in [1.29, 1.82) is 0 Å². The Balaban J connectivity index is 1.25. The van der Waals surface area contributed by atoms with E-state index in [4.69, 9.17) is 19.3 Å². The van der Waals surface area contributed by atoms with Gasteiger partial charge in [-0.3, -0.25) is 9.58 Å². The summed E-state index contributed by atoms with van der Waals surface area (Å²) in [6.07, 6.45) is 2.29. The third-order valence-corrected chi connectivity index (χ3v) is 7.64. The molecule has 1 aromatic carbocycles.